The van der Waals surface area contributed by atoms with Gasteiger partial charge in [-0.15, -0.1) is 0 Å². The number of unbranched alkanes of at least 4 members (excludes halogenated alkanes) is 3. The van der Waals surface area contributed by atoms with Gasteiger partial charge in [-0.25, -0.2) is 0 Å². The van der Waals surface area contributed by atoms with Gasteiger partial charge >= 0.3 is 0 Å². The van der Waals surface area contributed by atoms with Crippen LogP contribution in [0.5, 0.6) is 0 Å². The van der Waals surface area contributed by atoms with Crippen molar-refractivity contribution in [3.63, 3.8) is 0 Å². The smallest absolute Gasteiger partial charge is 0.158 e. The molecule has 4 unspecified atom stereocenters. The normalized spacial score (nSPS) is 34.6. The third kappa shape index (κ3) is 5.23. The first-order chi connectivity index (χ1) is 12.8. The van der Waals surface area contributed by atoms with Gasteiger partial charge in [0, 0.05) is 18.9 Å². The summed E-state index contributed by atoms with van der Waals surface area (Å²) in [6.45, 7) is 3.05. The van der Waals surface area contributed by atoms with Gasteiger partial charge in [0.1, 0.15) is 6.29 Å². The number of azo groups is 1. The fourth-order valence-corrected chi connectivity index (χ4v) is 4.49. The SMILES string of the molecule is CCCCCCC(/C=C/[C@H]1C2CC(N=N2)[C@@H]1CC=O)OC1CCCCO1. The molecular formula is C21H34N2O3. The highest BCUT2D eigenvalue weighted by atomic mass is 16.7. The molecule has 146 valence electrons. The summed E-state index contributed by atoms with van der Waals surface area (Å²) in [4.78, 5) is 11.0. The number of ether oxygens (including phenoxy) is 2. The summed E-state index contributed by atoms with van der Waals surface area (Å²) in [5, 5.41) is 8.72. The first-order valence-electron chi connectivity index (χ1n) is 10.6. The molecule has 0 radical (unpaired) electrons. The standard InChI is InChI=1S/C21H34N2O3/c1-2-3-4-5-8-16(26-21-9-6-7-14-25-21)10-11-17-18(12-13-24)20-15-19(17)22-23-20/h10-11,13,16-21H,2-9,12,14-15H2,1H3/b11-10+/t16?,17-,18-,19?,20?,21?/m1/s1. The Morgan fingerprint density at radius 2 is 2.08 bits per heavy atom. The molecule has 2 fully saturated rings. The number of aldehydes is 1. The van der Waals surface area contributed by atoms with Crippen LogP contribution in [0, 0.1) is 11.8 Å². The van der Waals surface area contributed by atoms with E-state index in [4.69, 9.17) is 9.47 Å². The third-order valence-corrected chi connectivity index (χ3v) is 6.00. The Kier molecular flexibility index (Phi) is 7.81. The molecule has 2 bridgehead atoms. The summed E-state index contributed by atoms with van der Waals surface area (Å²) in [6, 6.07) is 0.498. The number of fused-ring (bicyclic) bond motifs is 2. The van der Waals surface area contributed by atoms with Crippen molar-refractivity contribution in [3.8, 4) is 0 Å². The van der Waals surface area contributed by atoms with Crippen molar-refractivity contribution in [3.05, 3.63) is 12.2 Å². The molecule has 0 aromatic heterocycles. The third-order valence-electron chi connectivity index (χ3n) is 6.00. The van der Waals surface area contributed by atoms with Crippen molar-refractivity contribution in [2.75, 3.05) is 6.61 Å². The molecule has 5 nitrogen and oxygen atoms in total. The van der Waals surface area contributed by atoms with Gasteiger partial charge < -0.3 is 14.3 Å². The van der Waals surface area contributed by atoms with Gasteiger partial charge in [-0.1, -0.05) is 44.8 Å². The van der Waals surface area contributed by atoms with E-state index >= 15 is 0 Å². The number of hydrogen-bond acceptors (Lipinski definition) is 5. The molecule has 2 heterocycles. The van der Waals surface area contributed by atoms with Crippen LogP contribution >= 0.6 is 0 Å². The van der Waals surface area contributed by atoms with Crippen LogP contribution in [0.15, 0.2) is 22.4 Å². The van der Waals surface area contributed by atoms with E-state index in [1.54, 1.807) is 0 Å². The van der Waals surface area contributed by atoms with Crippen LogP contribution in [-0.2, 0) is 14.3 Å². The molecule has 1 aliphatic carbocycles. The molecule has 1 saturated heterocycles. The van der Waals surface area contributed by atoms with E-state index < -0.39 is 0 Å². The Balaban J connectivity index is 1.58. The van der Waals surface area contributed by atoms with Crippen LogP contribution in [-0.4, -0.2) is 37.4 Å². The van der Waals surface area contributed by atoms with E-state index in [1.807, 2.05) is 0 Å². The zero-order chi connectivity index (χ0) is 18.2. The average molecular weight is 363 g/mol. The van der Waals surface area contributed by atoms with E-state index in [9.17, 15) is 4.79 Å². The number of carbonyl (C=O) groups excluding carboxylic acids is 1. The number of rotatable bonds is 11. The van der Waals surface area contributed by atoms with Gasteiger partial charge in [0.05, 0.1) is 18.2 Å². The second-order valence-corrected chi connectivity index (χ2v) is 7.95. The second-order valence-electron chi connectivity index (χ2n) is 7.95. The second kappa shape index (κ2) is 10.3. The van der Waals surface area contributed by atoms with Crippen molar-refractivity contribution in [2.24, 2.45) is 22.1 Å². The minimum Gasteiger partial charge on any atom is -0.353 e. The summed E-state index contributed by atoms with van der Waals surface area (Å²) in [7, 11) is 0. The highest BCUT2D eigenvalue weighted by Gasteiger charge is 2.45. The molecular weight excluding hydrogens is 328 g/mol. The zero-order valence-electron chi connectivity index (χ0n) is 16.1. The van der Waals surface area contributed by atoms with Crippen molar-refractivity contribution in [1.82, 2.24) is 0 Å². The first-order valence-corrected chi connectivity index (χ1v) is 10.6. The molecule has 6 atom stereocenters. The van der Waals surface area contributed by atoms with E-state index in [2.05, 4.69) is 29.3 Å². The Morgan fingerprint density at radius 3 is 2.85 bits per heavy atom. The highest BCUT2D eigenvalue weighted by molar-refractivity contribution is 5.50. The lowest BCUT2D eigenvalue weighted by atomic mass is 9.88. The van der Waals surface area contributed by atoms with Gasteiger partial charge in [0.15, 0.2) is 6.29 Å². The lowest BCUT2D eigenvalue weighted by Crippen LogP contribution is -2.28. The Hall–Kier alpha value is -1.07. The molecule has 0 amide bonds. The van der Waals surface area contributed by atoms with Crippen LogP contribution in [0.4, 0.5) is 0 Å². The molecule has 1 saturated carbocycles. The Labute approximate surface area is 157 Å². The van der Waals surface area contributed by atoms with Crippen LogP contribution in [0.1, 0.15) is 71.1 Å². The molecule has 3 rings (SSSR count). The number of carbonyl (C=O) groups is 1. The maximum atomic E-state index is 11.0. The van der Waals surface area contributed by atoms with Crippen LogP contribution in [0.25, 0.3) is 0 Å². The van der Waals surface area contributed by atoms with E-state index in [0.29, 0.717) is 18.3 Å². The summed E-state index contributed by atoms with van der Waals surface area (Å²) < 4.78 is 12.1. The summed E-state index contributed by atoms with van der Waals surface area (Å²) in [6.07, 6.45) is 16.5. The Morgan fingerprint density at radius 1 is 1.19 bits per heavy atom. The number of hydrogen-bond donors (Lipinski definition) is 0. The molecule has 0 spiro atoms. The van der Waals surface area contributed by atoms with E-state index in [-0.39, 0.29) is 24.5 Å². The lowest BCUT2D eigenvalue weighted by Gasteiger charge is -2.27. The van der Waals surface area contributed by atoms with Gasteiger partial charge in [0.25, 0.3) is 0 Å². The first kappa shape index (κ1) is 19.7. The largest absolute Gasteiger partial charge is 0.353 e. The highest BCUT2D eigenvalue weighted by Crippen LogP contribution is 2.43. The molecule has 0 aromatic rings. The van der Waals surface area contributed by atoms with E-state index in [1.165, 1.54) is 32.1 Å². The van der Waals surface area contributed by atoms with Crippen molar-refractivity contribution < 1.29 is 14.3 Å². The summed E-state index contributed by atoms with van der Waals surface area (Å²) in [5.74, 6) is 0.648. The van der Waals surface area contributed by atoms with Gasteiger partial charge in [-0.2, -0.15) is 10.2 Å². The molecule has 2 aliphatic heterocycles. The maximum absolute atomic E-state index is 11.0. The van der Waals surface area contributed by atoms with Crippen LogP contribution < -0.4 is 0 Å². The quantitative estimate of drug-likeness (QED) is 0.300. The van der Waals surface area contributed by atoms with Gasteiger partial charge in [0.2, 0.25) is 0 Å². The number of nitrogens with zero attached hydrogens (tertiary/aromatic N) is 2. The predicted octanol–water partition coefficient (Wildman–Crippen LogP) is 4.85. The Bertz CT molecular complexity index is 488. The monoisotopic (exact) mass is 362 g/mol. The van der Waals surface area contributed by atoms with Crippen molar-refractivity contribution in [1.29, 1.82) is 0 Å². The zero-order valence-corrected chi connectivity index (χ0v) is 16.1. The molecule has 26 heavy (non-hydrogen) atoms. The minimum absolute atomic E-state index is 0.0601. The van der Waals surface area contributed by atoms with Gasteiger partial charge in [-0.3, -0.25) is 0 Å². The molecule has 5 heteroatoms. The van der Waals surface area contributed by atoms with Crippen molar-refractivity contribution in [2.45, 2.75) is 95.6 Å². The topological polar surface area (TPSA) is 60.2 Å². The summed E-state index contributed by atoms with van der Waals surface area (Å²) in [5.41, 5.74) is 0. The molecule has 0 N–H and O–H groups in total. The van der Waals surface area contributed by atoms with Crippen LogP contribution in [0.3, 0.4) is 0 Å². The predicted molar refractivity (Wildman–Crippen MR) is 101 cm³/mol. The van der Waals surface area contributed by atoms with E-state index in [0.717, 1.165) is 38.6 Å². The average Bonchev–Trinajstić information content (AvgIpc) is 3.26. The fourth-order valence-electron chi connectivity index (χ4n) is 4.49. The fraction of sp³-hybridized carbons (Fsp3) is 0.857. The van der Waals surface area contributed by atoms with Crippen molar-refractivity contribution >= 4 is 6.29 Å². The van der Waals surface area contributed by atoms with Crippen LogP contribution in [0.2, 0.25) is 0 Å². The maximum Gasteiger partial charge on any atom is 0.158 e. The lowest BCUT2D eigenvalue weighted by molar-refractivity contribution is -0.179. The molecule has 0 aromatic carbocycles. The summed E-state index contributed by atoms with van der Waals surface area (Å²) >= 11 is 0. The van der Waals surface area contributed by atoms with Gasteiger partial charge in [-0.05, 0) is 38.0 Å². The molecule has 3 aliphatic rings. The minimum atomic E-state index is -0.0601.